The lowest BCUT2D eigenvalue weighted by Gasteiger charge is -2.33. The summed E-state index contributed by atoms with van der Waals surface area (Å²) in [5.74, 6) is 1.56. The summed E-state index contributed by atoms with van der Waals surface area (Å²) in [6, 6.07) is 8.71. The standard InChI is InChI=1S/C16H22N2/c1-11-7-12(2)9-15(8-11)18-16-13(3)5-4-6-14(16)10-17/h4-6,11-12,15,18H,7-9H2,1-3H3. The summed E-state index contributed by atoms with van der Waals surface area (Å²) in [6.07, 6.45) is 3.75. The molecule has 0 spiro atoms. The molecule has 2 atom stereocenters. The van der Waals surface area contributed by atoms with Crippen molar-refractivity contribution in [2.24, 2.45) is 11.8 Å². The molecule has 1 aromatic rings. The van der Waals surface area contributed by atoms with Gasteiger partial charge in [0.15, 0.2) is 0 Å². The lowest BCUT2D eigenvalue weighted by Crippen LogP contribution is -2.30. The predicted octanol–water partition coefficient (Wildman–Crippen LogP) is 4.10. The Balaban J connectivity index is 2.16. The van der Waals surface area contributed by atoms with Gasteiger partial charge in [0.25, 0.3) is 0 Å². The van der Waals surface area contributed by atoms with Gasteiger partial charge in [-0.3, -0.25) is 0 Å². The Kier molecular flexibility index (Phi) is 3.91. The summed E-state index contributed by atoms with van der Waals surface area (Å²) in [5, 5.41) is 12.8. The van der Waals surface area contributed by atoms with Gasteiger partial charge in [0.05, 0.1) is 11.3 Å². The molecule has 18 heavy (non-hydrogen) atoms. The van der Waals surface area contributed by atoms with Crippen LogP contribution in [0.1, 0.15) is 44.2 Å². The first-order valence-corrected chi connectivity index (χ1v) is 6.86. The van der Waals surface area contributed by atoms with Crippen LogP contribution < -0.4 is 5.32 Å². The Morgan fingerprint density at radius 1 is 1.17 bits per heavy atom. The number of hydrogen-bond acceptors (Lipinski definition) is 2. The van der Waals surface area contributed by atoms with Crippen LogP contribution in [0, 0.1) is 30.1 Å². The quantitative estimate of drug-likeness (QED) is 0.847. The third-order valence-electron chi connectivity index (χ3n) is 3.92. The lowest BCUT2D eigenvalue weighted by molar-refractivity contribution is 0.281. The van der Waals surface area contributed by atoms with E-state index in [1.807, 2.05) is 12.1 Å². The molecular formula is C16H22N2. The number of anilines is 1. The van der Waals surface area contributed by atoms with Crippen molar-refractivity contribution in [1.29, 1.82) is 5.26 Å². The molecule has 0 amide bonds. The van der Waals surface area contributed by atoms with Crippen LogP contribution in [0.2, 0.25) is 0 Å². The van der Waals surface area contributed by atoms with E-state index in [1.165, 1.54) is 24.8 Å². The van der Waals surface area contributed by atoms with Crippen molar-refractivity contribution in [1.82, 2.24) is 0 Å². The first-order valence-electron chi connectivity index (χ1n) is 6.86. The molecule has 0 aromatic heterocycles. The predicted molar refractivity (Wildman–Crippen MR) is 75.5 cm³/mol. The summed E-state index contributed by atoms with van der Waals surface area (Å²) in [7, 11) is 0. The molecule has 2 heteroatoms. The molecule has 1 aliphatic carbocycles. The summed E-state index contributed by atoms with van der Waals surface area (Å²) in [4.78, 5) is 0. The second kappa shape index (κ2) is 5.44. The van der Waals surface area contributed by atoms with E-state index in [1.54, 1.807) is 0 Å². The van der Waals surface area contributed by atoms with Crippen LogP contribution in [0.25, 0.3) is 0 Å². The zero-order valence-electron chi connectivity index (χ0n) is 11.5. The molecule has 1 aliphatic rings. The largest absolute Gasteiger partial charge is 0.381 e. The number of nitrogens with one attached hydrogen (secondary N) is 1. The zero-order valence-corrected chi connectivity index (χ0v) is 11.5. The number of hydrogen-bond donors (Lipinski definition) is 1. The van der Waals surface area contributed by atoms with Gasteiger partial charge in [-0.1, -0.05) is 26.0 Å². The highest BCUT2D eigenvalue weighted by atomic mass is 14.9. The molecule has 0 saturated heterocycles. The summed E-state index contributed by atoms with van der Waals surface area (Å²) in [6.45, 7) is 6.72. The highest BCUT2D eigenvalue weighted by molar-refractivity contribution is 5.62. The van der Waals surface area contributed by atoms with Crippen molar-refractivity contribution in [2.75, 3.05) is 5.32 Å². The Morgan fingerprint density at radius 3 is 2.44 bits per heavy atom. The van der Waals surface area contributed by atoms with Crippen molar-refractivity contribution >= 4 is 5.69 Å². The van der Waals surface area contributed by atoms with Gasteiger partial charge in [0, 0.05) is 6.04 Å². The molecule has 0 bridgehead atoms. The average Bonchev–Trinajstić information content (AvgIpc) is 2.30. The van der Waals surface area contributed by atoms with E-state index in [9.17, 15) is 5.26 Å². The van der Waals surface area contributed by atoms with Crippen LogP contribution in [-0.4, -0.2) is 6.04 Å². The van der Waals surface area contributed by atoms with Crippen molar-refractivity contribution < 1.29 is 0 Å². The minimum atomic E-state index is 0.511. The van der Waals surface area contributed by atoms with Crippen LogP contribution in [0.4, 0.5) is 5.69 Å². The molecule has 2 rings (SSSR count). The maximum atomic E-state index is 9.19. The van der Waals surface area contributed by atoms with E-state index in [4.69, 9.17) is 0 Å². The number of para-hydroxylation sites is 1. The molecule has 96 valence electrons. The molecule has 1 saturated carbocycles. The molecule has 0 aliphatic heterocycles. The molecule has 1 N–H and O–H groups in total. The van der Waals surface area contributed by atoms with Gasteiger partial charge < -0.3 is 5.32 Å². The fourth-order valence-electron chi connectivity index (χ4n) is 3.22. The van der Waals surface area contributed by atoms with Crippen LogP contribution in [0.3, 0.4) is 0 Å². The lowest BCUT2D eigenvalue weighted by atomic mass is 9.80. The first kappa shape index (κ1) is 13.0. The van der Waals surface area contributed by atoms with Crippen LogP contribution in [-0.2, 0) is 0 Å². The second-order valence-electron chi connectivity index (χ2n) is 5.87. The SMILES string of the molecule is Cc1cccc(C#N)c1NC1CC(C)CC(C)C1. The van der Waals surface area contributed by atoms with E-state index in [2.05, 4.69) is 38.2 Å². The van der Waals surface area contributed by atoms with E-state index in [0.29, 0.717) is 6.04 Å². The number of benzene rings is 1. The minimum Gasteiger partial charge on any atom is -0.381 e. The third kappa shape index (κ3) is 2.85. The number of nitrogens with zero attached hydrogens (tertiary/aromatic N) is 1. The first-order chi connectivity index (χ1) is 8.60. The zero-order chi connectivity index (χ0) is 13.1. The fraction of sp³-hybridized carbons (Fsp3) is 0.562. The molecule has 0 radical (unpaired) electrons. The van der Waals surface area contributed by atoms with E-state index < -0.39 is 0 Å². The Hall–Kier alpha value is -1.49. The Morgan fingerprint density at radius 2 is 1.83 bits per heavy atom. The van der Waals surface area contributed by atoms with Gasteiger partial charge in [-0.05, 0) is 49.7 Å². The number of aryl methyl sites for hydroxylation is 1. The van der Waals surface area contributed by atoms with Crippen molar-refractivity contribution in [2.45, 2.75) is 46.1 Å². The van der Waals surface area contributed by atoms with Crippen LogP contribution in [0.5, 0.6) is 0 Å². The van der Waals surface area contributed by atoms with Gasteiger partial charge in [0.1, 0.15) is 6.07 Å². The summed E-state index contributed by atoms with van der Waals surface area (Å²) >= 11 is 0. The molecule has 1 fully saturated rings. The number of rotatable bonds is 2. The van der Waals surface area contributed by atoms with Gasteiger partial charge in [-0.25, -0.2) is 0 Å². The normalized spacial score (nSPS) is 27.6. The van der Waals surface area contributed by atoms with E-state index in [-0.39, 0.29) is 0 Å². The van der Waals surface area contributed by atoms with Gasteiger partial charge in [-0.15, -0.1) is 0 Å². The maximum absolute atomic E-state index is 9.19. The Labute approximate surface area is 110 Å². The molecule has 0 heterocycles. The van der Waals surface area contributed by atoms with Crippen LogP contribution in [0.15, 0.2) is 18.2 Å². The van der Waals surface area contributed by atoms with Crippen LogP contribution >= 0.6 is 0 Å². The average molecular weight is 242 g/mol. The summed E-state index contributed by atoms with van der Waals surface area (Å²) < 4.78 is 0. The highest BCUT2D eigenvalue weighted by Gasteiger charge is 2.24. The molecule has 2 unspecified atom stereocenters. The van der Waals surface area contributed by atoms with Crippen molar-refractivity contribution in [3.63, 3.8) is 0 Å². The second-order valence-corrected chi connectivity index (χ2v) is 5.87. The highest BCUT2D eigenvalue weighted by Crippen LogP contribution is 2.32. The van der Waals surface area contributed by atoms with Gasteiger partial charge in [-0.2, -0.15) is 5.26 Å². The van der Waals surface area contributed by atoms with Crippen molar-refractivity contribution in [3.05, 3.63) is 29.3 Å². The van der Waals surface area contributed by atoms with E-state index >= 15 is 0 Å². The topological polar surface area (TPSA) is 35.8 Å². The van der Waals surface area contributed by atoms with Crippen molar-refractivity contribution in [3.8, 4) is 6.07 Å². The molecule has 2 nitrogen and oxygen atoms in total. The molecular weight excluding hydrogens is 220 g/mol. The summed E-state index contributed by atoms with van der Waals surface area (Å²) in [5.41, 5.74) is 2.96. The maximum Gasteiger partial charge on any atom is 0.101 e. The third-order valence-corrected chi connectivity index (χ3v) is 3.92. The smallest absolute Gasteiger partial charge is 0.101 e. The van der Waals surface area contributed by atoms with E-state index in [0.717, 1.165) is 23.1 Å². The minimum absolute atomic E-state index is 0.511. The van der Waals surface area contributed by atoms with Gasteiger partial charge >= 0.3 is 0 Å². The monoisotopic (exact) mass is 242 g/mol. The Bertz CT molecular complexity index is 449. The molecule has 1 aromatic carbocycles. The number of nitriles is 1. The van der Waals surface area contributed by atoms with Gasteiger partial charge in [0.2, 0.25) is 0 Å². The fourth-order valence-corrected chi connectivity index (χ4v) is 3.22.